The SMILES string of the molecule is COC(=O)c1cc(CNc2nc3ccccc3s2)ccc1O. The predicted octanol–water partition coefficient (Wildman–Crippen LogP) is 3.40. The number of methoxy groups -OCH3 is 1. The van der Waals surface area contributed by atoms with E-state index in [-0.39, 0.29) is 11.3 Å². The Kier molecular flexibility index (Phi) is 3.93. The number of nitrogens with zero attached hydrogens (tertiary/aromatic N) is 1. The number of carbonyl (C=O) groups is 1. The molecule has 2 aromatic carbocycles. The molecule has 3 rings (SSSR count). The molecular weight excluding hydrogens is 300 g/mol. The molecule has 0 bridgehead atoms. The van der Waals surface area contributed by atoms with Gasteiger partial charge < -0.3 is 15.2 Å². The number of fused-ring (bicyclic) bond motifs is 1. The molecule has 0 fully saturated rings. The van der Waals surface area contributed by atoms with Crippen LogP contribution in [-0.2, 0) is 11.3 Å². The monoisotopic (exact) mass is 314 g/mol. The normalized spacial score (nSPS) is 10.6. The Morgan fingerprint density at radius 1 is 1.32 bits per heavy atom. The first kappa shape index (κ1) is 14.3. The maximum Gasteiger partial charge on any atom is 0.341 e. The molecule has 1 heterocycles. The molecule has 0 saturated carbocycles. The number of thiazole rings is 1. The fourth-order valence-corrected chi connectivity index (χ4v) is 2.95. The van der Waals surface area contributed by atoms with Crippen LogP contribution in [0.4, 0.5) is 5.13 Å². The molecule has 112 valence electrons. The van der Waals surface area contributed by atoms with Crippen LogP contribution in [-0.4, -0.2) is 23.2 Å². The van der Waals surface area contributed by atoms with E-state index in [1.807, 2.05) is 24.3 Å². The number of aromatic nitrogens is 1. The van der Waals surface area contributed by atoms with Gasteiger partial charge in [0.2, 0.25) is 0 Å². The van der Waals surface area contributed by atoms with Crippen molar-refractivity contribution in [1.29, 1.82) is 0 Å². The molecule has 22 heavy (non-hydrogen) atoms. The van der Waals surface area contributed by atoms with Gasteiger partial charge in [-0.1, -0.05) is 29.5 Å². The Labute approximate surface area is 131 Å². The van der Waals surface area contributed by atoms with Crippen LogP contribution in [0.3, 0.4) is 0 Å². The molecule has 0 saturated heterocycles. The van der Waals surface area contributed by atoms with Crippen molar-refractivity contribution in [3.05, 3.63) is 53.6 Å². The van der Waals surface area contributed by atoms with Crippen LogP contribution < -0.4 is 5.32 Å². The molecule has 0 spiro atoms. The van der Waals surface area contributed by atoms with Gasteiger partial charge in [-0.2, -0.15) is 0 Å². The third-order valence-corrected chi connectivity index (χ3v) is 4.20. The molecule has 0 aliphatic rings. The highest BCUT2D eigenvalue weighted by Gasteiger charge is 2.12. The molecule has 5 nitrogen and oxygen atoms in total. The van der Waals surface area contributed by atoms with E-state index in [2.05, 4.69) is 15.0 Å². The van der Waals surface area contributed by atoms with Crippen LogP contribution in [0, 0.1) is 0 Å². The quantitative estimate of drug-likeness (QED) is 0.722. The summed E-state index contributed by atoms with van der Waals surface area (Å²) >= 11 is 1.57. The number of hydrogen-bond acceptors (Lipinski definition) is 6. The number of hydrogen-bond donors (Lipinski definition) is 2. The van der Waals surface area contributed by atoms with E-state index in [9.17, 15) is 9.90 Å². The molecule has 0 amide bonds. The Balaban J connectivity index is 1.77. The van der Waals surface area contributed by atoms with Gasteiger partial charge in [0.1, 0.15) is 11.3 Å². The molecule has 3 aromatic rings. The van der Waals surface area contributed by atoms with E-state index in [0.29, 0.717) is 6.54 Å². The van der Waals surface area contributed by atoms with E-state index in [0.717, 1.165) is 20.9 Å². The summed E-state index contributed by atoms with van der Waals surface area (Å²) in [4.78, 5) is 16.1. The van der Waals surface area contributed by atoms with Gasteiger partial charge in [0.15, 0.2) is 5.13 Å². The number of aromatic hydroxyl groups is 1. The Hall–Kier alpha value is -2.60. The Morgan fingerprint density at radius 3 is 2.91 bits per heavy atom. The van der Waals surface area contributed by atoms with Gasteiger partial charge in [-0.15, -0.1) is 0 Å². The zero-order valence-corrected chi connectivity index (χ0v) is 12.7. The number of para-hydroxylation sites is 1. The number of ether oxygens (including phenoxy) is 1. The number of esters is 1. The lowest BCUT2D eigenvalue weighted by molar-refractivity contribution is 0.0597. The van der Waals surface area contributed by atoms with Gasteiger partial charge >= 0.3 is 5.97 Å². The third kappa shape index (κ3) is 2.87. The fourth-order valence-electron chi connectivity index (χ4n) is 2.09. The van der Waals surface area contributed by atoms with Crippen molar-refractivity contribution in [3.63, 3.8) is 0 Å². The molecule has 0 unspecified atom stereocenters. The second-order valence-electron chi connectivity index (χ2n) is 4.68. The zero-order chi connectivity index (χ0) is 15.5. The summed E-state index contributed by atoms with van der Waals surface area (Å²) in [6.07, 6.45) is 0. The van der Waals surface area contributed by atoms with Gasteiger partial charge in [-0.3, -0.25) is 0 Å². The molecule has 6 heteroatoms. The van der Waals surface area contributed by atoms with Crippen molar-refractivity contribution in [2.24, 2.45) is 0 Å². The molecule has 1 aromatic heterocycles. The average molecular weight is 314 g/mol. The van der Waals surface area contributed by atoms with Crippen LogP contribution in [0.5, 0.6) is 5.75 Å². The minimum Gasteiger partial charge on any atom is -0.507 e. The average Bonchev–Trinajstić information content (AvgIpc) is 2.96. The first-order chi connectivity index (χ1) is 10.7. The number of carbonyl (C=O) groups excluding carboxylic acids is 1. The van der Waals surface area contributed by atoms with Gasteiger partial charge in [-0.25, -0.2) is 9.78 Å². The minimum absolute atomic E-state index is 0.0874. The van der Waals surface area contributed by atoms with E-state index in [1.165, 1.54) is 13.2 Å². The summed E-state index contributed by atoms with van der Waals surface area (Å²) < 4.78 is 5.76. The molecule has 2 N–H and O–H groups in total. The highest BCUT2D eigenvalue weighted by Crippen LogP contribution is 2.26. The molecule has 0 aliphatic heterocycles. The smallest absolute Gasteiger partial charge is 0.341 e. The minimum atomic E-state index is -0.556. The van der Waals surface area contributed by atoms with Crippen LogP contribution in [0.25, 0.3) is 10.2 Å². The van der Waals surface area contributed by atoms with E-state index < -0.39 is 5.97 Å². The van der Waals surface area contributed by atoms with E-state index in [4.69, 9.17) is 0 Å². The van der Waals surface area contributed by atoms with Gasteiger partial charge in [-0.05, 0) is 29.8 Å². The molecule has 0 radical (unpaired) electrons. The highest BCUT2D eigenvalue weighted by molar-refractivity contribution is 7.22. The van der Waals surface area contributed by atoms with Crippen LogP contribution in [0.2, 0.25) is 0 Å². The van der Waals surface area contributed by atoms with Crippen molar-refractivity contribution >= 4 is 32.7 Å². The van der Waals surface area contributed by atoms with Gasteiger partial charge in [0.05, 0.1) is 17.3 Å². The number of rotatable bonds is 4. The van der Waals surface area contributed by atoms with Gasteiger partial charge in [0, 0.05) is 6.54 Å². The zero-order valence-electron chi connectivity index (χ0n) is 11.9. The Morgan fingerprint density at radius 2 is 2.14 bits per heavy atom. The lowest BCUT2D eigenvalue weighted by Gasteiger charge is -2.07. The largest absolute Gasteiger partial charge is 0.507 e. The lowest BCUT2D eigenvalue weighted by atomic mass is 10.1. The maximum atomic E-state index is 11.6. The topological polar surface area (TPSA) is 71.5 Å². The number of benzene rings is 2. The summed E-state index contributed by atoms with van der Waals surface area (Å²) in [5.74, 6) is -0.644. The summed E-state index contributed by atoms with van der Waals surface area (Å²) in [6, 6.07) is 12.8. The summed E-state index contributed by atoms with van der Waals surface area (Å²) in [5.41, 5.74) is 1.97. The van der Waals surface area contributed by atoms with Crippen LogP contribution in [0.1, 0.15) is 15.9 Å². The summed E-state index contributed by atoms with van der Waals surface area (Å²) in [6.45, 7) is 0.504. The third-order valence-electron chi connectivity index (χ3n) is 3.20. The van der Waals surface area contributed by atoms with E-state index >= 15 is 0 Å². The van der Waals surface area contributed by atoms with Crippen molar-refractivity contribution < 1.29 is 14.6 Å². The maximum absolute atomic E-state index is 11.6. The number of phenols is 1. The van der Waals surface area contributed by atoms with E-state index in [1.54, 1.807) is 23.5 Å². The number of anilines is 1. The standard InChI is InChI=1S/C16H14N2O3S/c1-21-15(20)11-8-10(6-7-13(11)19)9-17-16-18-12-4-2-3-5-14(12)22-16/h2-8,19H,9H2,1H3,(H,17,18). The van der Waals surface area contributed by atoms with Crippen molar-refractivity contribution in [2.75, 3.05) is 12.4 Å². The molecule has 0 aliphatic carbocycles. The molecular formula is C16H14N2O3S. The van der Waals surface area contributed by atoms with Crippen molar-refractivity contribution in [1.82, 2.24) is 4.98 Å². The van der Waals surface area contributed by atoms with Crippen molar-refractivity contribution in [3.8, 4) is 5.75 Å². The van der Waals surface area contributed by atoms with Crippen LogP contribution >= 0.6 is 11.3 Å². The number of nitrogens with one attached hydrogen (secondary N) is 1. The first-order valence-corrected chi connectivity index (χ1v) is 7.48. The fraction of sp³-hybridized carbons (Fsp3) is 0.125. The molecule has 0 atom stereocenters. The summed E-state index contributed by atoms with van der Waals surface area (Å²) in [5, 5.41) is 13.7. The highest BCUT2D eigenvalue weighted by atomic mass is 32.1. The second-order valence-corrected chi connectivity index (χ2v) is 5.71. The first-order valence-electron chi connectivity index (χ1n) is 6.67. The van der Waals surface area contributed by atoms with Gasteiger partial charge in [0.25, 0.3) is 0 Å². The lowest BCUT2D eigenvalue weighted by Crippen LogP contribution is -2.04. The van der Waals surface area contributed by atoms with Crippen molar-refractivity contribution in [2.45, 2.75) is 6.54 Å². The number of phenolic OH excluding ortho intramolecular Hbond substituents is 1. The predicted molar refractivity (Wildman–Crippen MR) is 86.4 cm³/mol. The van der Waals surface area contributed by atoms with Crippen LogP contribution in [0.15, 0.2) is 42.5 Å². The second kappa shape index (κ2) is 6.03. The Bertz CT molecular complexity index is 796. The summed E-state index contributed by atoms with van der Waals surface area (Å²) in [7, 11) is 1.29.